The van der Waals surface area contributed by atoms with Crippen molar-refractivity contribution in [2.45, 2.75) is 22.3 Å². The van der Waals surface area contributed by atoms with Crippen LogP contribution in [-0.2, 0) is 14.4 Å². The average Bonchev–Trinajstić information content (AvgIpc) is 2.55. The van der Waals surface area contributed by atoms with Gasteiger partial charge >= 0.3 is 0 Å². The highest BCUT2D eigenvalue weighted by Gasteiger charge is 2.39. The van der Waals surface area contributed by atoms with E-state index in [2.05, 4.69) is 10.0 Å². The molecule has 1 unspecified atom stereocenters. The smallest absolute Gasteiger partial charge is 0.242 e. The normalized spacial score (nSPS) is 13.3. The molecule has 0 amide bonds. The summed E-state index contributed by atoms with van der Waals surface area (Å²) in [7, 11) is -3.91. The summed E-state index contributed by atoms with van der Waals surface area (Å²) in [6.07, 6.45) is -1.09. The van der Waals surface area contributed by atoms with Crippen LogP contribution in [0.5, 0.6) is 0 Å². The van der Waals surface area contributed by atoms with Crippen molar-refractivity contribution in [3.63, 3.8) is 0 Å². The van der Waals surface area contributed by atoms with Gasteiger partial charge in [-0.15, -0.1) is 0 Å². The Bertz CT molecular complexity index is 841. The number of rotatable bonds is 6. The first-order chi connectivity index (χ1) is 11.6. The highest BCUT2D eigenvalue weighted by atomic mass is 35.5. The van der Waals surface area contributed by atoms with Crippen LogP contribution in [0.15, 0.2) is 59.5 Å². The molecule has 0 heterocycles. The number of benzene rings is 2. The molecule has 0 aromatic heterocycles. The van der Waals surface area contributed by atoms with Gasteiger partial charge in [0.25, 0.3) is 0 Å². The molecule has 0 spiro atoms. The number of halogens is 3. The zero-order valence-corrected chi connectivity index (χ0v) is 16.9. The SMILES string of the molecule is CC(=S)NC(NS(=O)(=O)c1ccc(Cl)cc1)C(Cl)(Cl)c1ccccc1. The van der Waals surface area contributed by atoms with Crippen LogP contribution in [-0.4, -0.2) is 19.6 Å². The summed E-state index contributed by atoms with van der Waals surface area (Å²) in [5.74, 6) is 0. The van der Waals surface area contributed by atoms with Gasteiger partial charge in [0.2, 0.25) is 10.0 Å². The van der Waals surface area contributed by atoms with E-state index in [0.29, 0.717) is 15.6 Å². The maximum Gasteiger partial charge on any atom is 0.242 e. The third-order valence-corrected chi connectivity index (χ3v) is 5.95. The molecule has 0 saturated heterocycles. The number of hydrogen-bond acceptors (Lipinski definition) is 3. The molecule has 0 bridgehead atoms. The van der Waals surface area contributed by atoms with Crippen LogP contribution >= 0.6 is 47.0 Å². The Hall–Kier alpha value is -0.890. The predicted molar refractivity (Wildman–Crippen MR) is 107 cm³/mol. The zero-order valence-electron chi connectivity index (χ0n) is 13.0. The maximum absolute atomic E-state index is 12.7. The van der Waals surface area contributed by atoms with E-state index in [1.54, 1.807) is 37.3 Å². The largest absolute Gasteiger partial charge is 0.361 e. The molecule has 0 saturated carbocycles. The molecule has 0 radical (unpaired) electrons. The highest BCUT2D eigenvalue weighted by Crippen LogP contribution is 2.37. The van der Waals surface area contributed by atoms with Gasteiger partial charge in [-0.05, 0) is 36.8 Å². The van der Waals surface area contributed by atoms with Gasteiger partial charge in [0.1, 0.15) is 6.17 Å². The number of thiocarbonyl (C=S) groups is 1. The van der Waals surface area contributed by atoms with Crippen LogP contribution in [0.1, 0.15) is 12.5 Å². The minimum absolute atomic E-state index is 0.0305. The molecule has 1 atom stereocenters. The van der Waals surface area contributed by atoms with E-state index in [9.17, 15) is 8.42 Å². The Morgan fingerprint density at radius 2 is 1.64 bits per heavy atom. The predicted octanol–water partition coefficient (Wildman–Crippen LogP) is 4.21. The molecule has 2 rings (SSSR count). The molecule has 0 aliphatic rings. The second kappa shape index (κ2) is 8.20. The summed E-state index contributed by atoms with van der Waals surface area (Å²) < 4.78 is 26.2. The summed E-state index contributed by atoms with van der Waals surface area (Å²) in [5, 5.41) is 3.23. The summed E-state index contributed by atoms with van der Waals surface area (Å²) in [5.41, 5.74) is 0.519. The summed E-state index contributed by atoms with van der Waals surface area (Å²) >= 11 is 23.8. The van der Waals surface area contributed by atoms with E-state index >= 15 is 0 Å². The van der Waals surface area contributed by atoms with Gasteiger partial charge < -0.3 is 5.32 Å². The van der Waals surface area contributed by atoms with Crippen molar-refractivity contribution in [3.8, 4) is 0 Å². The van der Waals surface area contributed by atoms with Crippen LogP contribution < -0.4 is 10.0 Å². The maximum atomic E-state index is 12.7. The molecule has 2 N–H and O–H groups in total. The molecule has 2 aromatic rings. The number of hydrogen-bond donors (Lipinski definition) is 2. The topological polar surface area (TPSA) is 58.2 Å². The lowest BCUT2D eigenvalue weighted by Crippen LogP contribution is -2.55. The third-order valence-electron chi connectivity index (χ3n) is 3.27. The van der Waals surface area contributed by atoms with E-state index in [4.69, 9.17) is 47.0 Å². The van der Waals surface area contributed by atoms with E-state index in [0.717, 1.165) is 0 Å². The lowest BCUT2D eigenvalue weighted by molar-refractivity contribution is 0.498. The van der Waals surface area contributed by atoms with Gasteiger partial charge in [-0.3, -0.25) is 0 Å². The Balaban J connectivity index is 2.38. The van der Waals surface area contributed by atoms with Gasteiger partial charge in [0, 0.05) is 5.02 Å². The molecule has 134 valence electrons. The fourth-order valence-corrected chi connectivity index (χ4v) is 4.08. The minimum atomic E-state index is -3.91. The van der Waals surface area contributed by atoms with Crippen LogP contribution in [0.4, 0.5) is 0 Å². The van der Waals surface area contributed by atoms with Crippen molar-refractivity contribution in [1.29, 1.82) is 0 Å². The Kier molecular flexibility index (Phi) is 6.70. The molecule has 0 fully saturated rings. The molecule has 25 heavy (non-hydrogen) atoms. The van der Waals surface area contributed by atoms with Gasteiger partial charge in [0.05, 0.1) is 9.88 Å². The first kappa shape index (κ1) is 20.4. The van der Waals surface area contributed by atoms with Gasteiger partial charge in [-0.1, -0.05) is 77.4 Å². The Morgan fingerprint density at radius 1 is 1.08 bits per heavy atom. The monoisotopic (exact) mass is 436 g/mol. The third kappa shape index (κ3) is 5.29. The molecule has 0 aliphatic carbocycles. The van der Waals surface area contributed by atoms with Crippen LogP contribution in [0, 0.1) is 0 Å². The standard InChI is InChI=1S/C16H15Cl3N2O2S2/c1-11(24)20-15(16(18,19)12-5-3-2-4-6-12)21-25(22,23)14-9-7-13(17)8-10-14/h2-10,15,21H,1H3,(H,20,24). The lowest BCUT2D eigenvalue weighted by atomic mass is 10.1. The first-order valence-electron chi connectivity index (χ1n) is 7.11. The number of nitrogens with one attached hydrogen (secondary N) is 2. The molecular formula is C16H15Cl3N2O2S2. The van der Waals surface area contributed by atoms with Crippen LogP contribution in [0.3, 0.4) is 0 Å². The first-order valence-corrected chi connectivity index (χ1v) is 10.1. The summed E-state index contributed by atoms with van der Waals surface area (Å²) in [6.45, 7) is 1.60. The van der Waals surface area contributed by atoms with E-state index in [1.165, 1.54) is 24.3 Å². The van der Waals surface area contributed by atoms with Crippen molar-refractivity contribution >= 4 is 62.0 Å². The number of alkyl halides is 2. The van der Waals surface area contributed by atoms with Gasteiger partial charge in [-0.25, -0.2) is 8.42 Å². The van der Waals surface area contributed by atoms with Crippen molar-refractivity contribution < 1.29 is 8.42 Å². The van der Waals surface area contributed by atoms with Gasteiger partial charge in [-0.2, -0.15) is 4.72 Å². The molecule has 4 nitrogen and oxygen atoms in total. The van der Waals surface area contributed by atoms with Crippen molar-refractivity contribution in [3.05, 3.63) is 65.2 Å². The van der Waals surface area contributed by atoms with Crippen LogP contribution in [0.25, 0.3) is 0 Å². The molecule has 0 aliphatic heterocycles. The molecule has 9 heteroatoms. The minimum Gasteiger partial charge on any atom is -0.361 e. The second-order valence-corrected chi connectivity index (χ2v) is 9.35. The van der Waals surface area contributed by atoms with Crippen molar-refractivity contribution in [2.24, 2.45) is 0 Å². The molecule has 2 aromatic carbocycles. The quantitative estimate of drug-likeness (QED) is 0.404. The second-order valence-electron chi connectivity index (χ2n) is 5.20. The van der Waals surface area contributed by atoms with Crippen LogP contribution in [0.2, 0.25) is 5.02 Å². The fourth-order valence-electron chi connectivity index (χ4n) is 2.06. The fraction of sp³-hybridized carbons (Fsp3) is 0.188. The van der Waals surface area contributed by atoms with E-state index in [-0.39, 0.29) is 4.90 Å². The summed E-state index contributed by atoms with van der Waals surface area (Å²) in [4.78, 5) is 0.369. The Labute approximate surface area is 167 Å². The van der Waals surface area contributed by atoms with Crippen molar-refractivity contribution in [2.75, 3.05) is 0 Å². The lowest BCUT2D eigenvalue weighted by Gasteiger charge is -2.32. The van der Waals surface area contributed by atoms with E-state index in [1.807, 2.05) is 0 Å². The molecular weight excluding hydrogens is 423 g/mol. The zero-order chi connectivity index (χ0) is 18.7. The Morgan fingerprint density at radius 3 is 2.16 bits per heavy atom. The van der Waals surface area contributed by atoms with Gasteiger partial charge in [0.15, 0.2) is 4.33 Å². The average molecular weight is 438 g/mol. The summed E-state index contributed by atoms with van der Waals surface area (Å²) in [6, 6.07) is 14.4. The van der Waals surface area contributed by atoms with E-state index < -0.39 is 20.5 Å². The number of sulfonamides is 1. The van der Waals surface area contributed by atoms with Crippen molar-refractivity contribution in [1.82, 2.24) is 10.0 Å². The highest BCUT2D eigenvalue weighted by molar-refractivity contribution is 7.89.